The minimum Gasteiger partial charge on any atom is -0.772 e. The van der Waals surface area contributed by atoms with E-state index in [0.29, 0.717) is 12.0 Å². The van der Waals surface area contributed by atoms with Gasteiger partial charge in [-0.25, -0.2) is 0 Å². The Morgan fingerprint density at radius 2 is 2.00 bits per heavy atom. The average Bonchev–Trinajstić information content (AvgIpc) is 3.54. The fourth-order valence-corrected chi connectivity index (χ4v) is 4.84. The van der Waals surface area contributed by atoms with Gasteiger partial charge in [0.1, 0.15) is 5.75 Å². The van der Waals surface area contributed by atoms with E-state index < -0.39 is 22.0 Å². The van der Waals surface area contributed by atoms with Crippen LogP contribution in [0.4, 0.5) is 11.4 Å². The number of benzene rings is 2. The van der Waals surface area contributed by atoms with Gasteiger partial charge in [0.05, 0.1) is 22.9 Å². The summed E-state index contributed by atoms with van der Waals surface area (Å²) in [5.41, 5.74) is 0.881. The molecule has 4 rings (SSSR count). The highest BCUT2D eigenvalue weighted by Crippen LogP contribution is 2.46. The van der Waals surface area contributed by atoms with Crippen molar-refractivity contribution < 1.29 is 23.1 Å². The van der Waals surface area contributed by atoms with Crippen LogP contribution in [-0.4, -0.2) is 38.0 Å². The van der Waals surface area contributed by atoms with E-state index in [1.54, 1.807) is 30.0 Å². The third-order valence-electron chi connectivity index (χ3n) is 6.45. The van der Waals surface area contributed by atoms with Gasteiger partial charge in [0, 0.05) is 22.9 Å². The van der Waals surface area contributed by atoms with Crippen molar-refractivity contribution in [2.45, 2.75) is 64.0 Å². The van der Waals surface area contributed by atoms with Gasteiger partial charge in [-0.3, -0.25) is 18.7 Å². The van der Waals surface area contributed by atoms with E-state index in [9.17, 15) is 18.4 Å². The summed E-state index contributed by atoms with van der Waals surface area (Å²) in [4.78, 5) is 28.1. The molecular weight excluding hydrogens is 440 g/mol. The highest BCUT2D eigenvalue weighted by atomic mass is 32.2. The Hall–Kier alpha value is -2.71. The van der Waals surface area contributed by atoms with Crippen molar-refractivity contribution in [1.29, 1.82) is 0 Å². The zero-order chi connectivity index (χ0) is 24.0. The molecule has 2 amide bonds. The molecule has 1 heterocycles. The maximum absolute atomic E-state index is 13.4. The molecule has 1 N–H and O–H groups in total. The van der Waals surface area contributed by atoms with Crippen LogP contribution in [0.2, 0.25) is 0 Å². The third-order valence-corrected chi connectivity index (χ3v) is 7.32. The lowest BCUT2D eigenvalue weighted by molar-refractivity contribution is -0.121. The summed E-state index contributed by atoms with van der Waals surface area (Å²) in [5.74, 6) is 0.115. The molecule has 2 aromatic carbocycles. The van der Waals surface area contributed by atoms with Crippen molar-refractivity contribution in [1.82, 2.24) is 5.32 Å². The number of nitrogens with zero attached hydrogens (tertiary/aromatic N) is 1. The molecule has 0 radical (unpaired) electrons. The van der Waals surface area contributed by atoms with E-state index in [-0.39, 0.29) is 23.7 Å². The monoisotopic (exact) mass is 469 g/mol. The van der Waals surface area contributed by atoms with Crippen molar-refractivity contribution in [2.24, 2.45) is 0 Å². The molecule has 0 spiro atoms. The van der Waals surface area contributed by atoms with Crippen molar-refractivity contribution >= 4 is 34.3 Å². The van der Waals surface area contributed by atoms with Crippen molar-refractivity contribution in [3.8, 4) is 5.75 Å². The van der Waals surface area contributed by atoms with E-state index >= 15 is 0 Å². The minimum absolute atomic E-state index is 0.0845. The summed E-state index contributed by atoms with van der Waals surface area (Å²) in [6, 6.07) is 12.7. The second-order valence-electron chi connectivity index (χ2n) is 9.63. The molecule has 33 heavy (non-hydrogen) atoms. The number of rotatable bonds is 8. The topological polar surface area (TPSA) is 98.8 Å². The van der Waals surface area contributed by atoms with Gasteiger partial charge in [-0.05, 0) is 75.9 Å². The van der Waals surface area contributed by atoms with Crippen LogP contribution >= 0.6 is 0 Å². The van der Waals surface area contributed by atoms with E-state index in [4.69, 9.17) is 4.74 Å². The molecule has 1 fully saturated rings. The molecule has 8 heteroatoms. The number of hydrogen-bond acceptors (Lipinski definition) is 5. The van der Waals surface area contributed by atoms with Gasteiger partial charge >= 0.3 is 0 Å². The quantitative estimate of drug-likeness (QED) is 0.590. The van der Waals surface area contributed by atoms with Crippen LogP contribution in [0.3, 0.4) is 0 Å². The molecule has 7 nitrogen and oxygen atoms in total. The predicted octanol–water partition coefficient (Wildman–Crippen LogP) is 3.96. The average molecular weight is 470 g/mol. The number of carbonyl (C=O) groups excluding carboxylic acids is 2. The largest absolute Gasteiger partial charge is 0.772 e. The number of hydrogen-bond donors (Lipinski definition) is 1. The number of anilines is 2. The van der Waals surface area contributed by atoms with Crippen LogP contribution in [0.1, 0.15) is 62.9 Å². The fraction of sp³-hybridized carbons (Fsp3) is 0.440. The Kier molecular flexibility index (Phi) is 6.09. The molecule has 1 aliphatic heterocycles. The lowest BCUT2D eigenvalue weighted by Gasteiger charge is -2.30. The van der Waals surface area contributed by atoms with E-state index in [2.05, 4.69) is 5.32 Å². The van der Waals surface area contributed by atoms with E-state index in [0.717, 1.165) is 35.5 Å². The number of fused-ring (bicyclic) bond motifs is 1. The lowest BCUT2D eigenvalue weighted by atomic mass is 9.85. The standard InChI is InChI=1S/C25H30N2O5S/c1-5-25(4,15-33(30)31)26-22(28)16-9-12-21-20(13-16)24(2,3)23(29)27(21)17-7-6-8-19(14-17)32-18-10-11-18/h6-9,12-14,18H,5,10-11,15H2,1-4H3,(H,26,28)(H,30,31)/p-1/t25-/m0/s1. The Labute approximate surface area is 196 Å². The molecular formula is C25H29N2O5S-. The zero-order valence-electron chi connectivity index (χ0n) is 19.3. The Morgan fingerprint density at radius 1 is 1.27 bits per heavy atom. The van der Waals surface area contributed by atoms with Crippen molar-refractivity contribution in [3.05, 3.63) is 53.6 Å². The van der Waals surface area contributed by atoms with E-state index in [1.165, 1.54) is 0 Å². The molecule has 0 aromatic heterocycles. The Bertz CT molecular complexity index is 1130. The van der Waals surface area contributed by atoms with Crippen LogP contribution in [0.5, 0.6) is 5.75 Å². The maximum Gasteiger partial charge on any atom is 0.251 e. The Morgan fingerprint density at radius 3 is 2.64 bits per heavy atom. The molecule has 1 unspecified atom stereocenters. The molecule has 2 aliphatic rings. The third kappa shape index (κ3) is 4.68. The highest BCUT2D eigenvalue weighted by molar-refractivity contribution is 7.79. The molecule has 0 saturated heterocycles. The second-order valence-corrected chi connectivity index (χ2v) is 10.5. The Balaban J connectivity index is 1.65. The fourth-order valence-electron chi connectivity index (χ4n) is 4.04. The second kappa shape index (κ2) is 8.57. The lowest BCUT2D eigenvalue weighted by Crippen LogP contribution is -2.49. The summed E-state index contributed by atoms with van der Waals surface area (Å²) in [6.45, 7) is 7.23. The van der Waals surface area contributed by atoms with Gasteiger partial charge < -0.3 is 14.6 Å². The van der Waals surface area contributed by atoms with Gasteiger partial charge in [0.25, 0.3) is 5.91 Å². The molecule has 2 aromatic rings. The first-order chi connectivity index (χ1) is 15.5. The van der Waals surface area contributed by atoms with Crippen LogP contribution in [0.25, 0.3) is 0 Å². The molecule has 2 atom stereocenters. The number of carbonyl (C=O) groups is 2. The zero-order valence-corrected chi connectivity index (χ0v) is 20.2. The van der Waals surface area contributed by atoms with E-state index in [1.807, 2.05) is 45.0 Å². The van der Waals surface area contributed by atoms with Gasteiger partial charge in [0.2, 0.25) is 5.91 Å². The normalized spacial score (nSPS) is 19.5. The smallest absolute Gasteiger partial charge is 0.251 e. The van der Waals surface area contributed by atoms with Crippen LogP contribution in [0, 0.1) is 0 Å². The first-order valence-electron chi connectivity index (χ1n) is 11.2. The summed E-state index contributed by atoms with van der Waals surface area (Å²) in [6.07, 6.45) is 2.83. The van der Waals surface area contributed by atoms with Crippen LogP contribution in [0.15, 0.2) is 42.5 Å². The van der Waals surface area contributed by atoms with Crippen molar-refractivity contribution in [2.75, 3.05) is 10.7 Å². The number of ether oxygens (including phenoxy) is 1. The molecule has 1 saturated carbocycles. The van der Waals surface area contributed by atoms with Crippen LogP contribution < -0.4 is 15.0 Å². The number of amides is 2. The van der Waals surface area contributed by atoms with Crippen LogP contribution in [-0.2, 0) is 21.3 Å². The van der Waals surface area contributed by atoms with Gasteiger partial charge in [-0.15, -0.1) is 0 Å². The first-order valence-corrected chi connectivity index (χ1v) is 12.4. The first kappa shape index (κ1) is 23.4. The van der Waals surface area contributed by atoms with Gasteiger partial charge in [-0.2, -0.15) is 0 Å². The highest BCUT2D eigenvalue weighted by Gasteiger charge is 2.45. The summed E-state index contributed by atoms with van der Waals surface area (Å²) >= 11 is -2.28. The minimum atomic E-state index is -2.28. The molecule has 0 bridgehead atoms. The molecule has 176 valence electrons. The summed E-state index contributed by atoms with van der Waals surface area (Å²) in [7, 11) is 0. The SMILES string of the molecule is CC[C@@](C)(CS(=O)[O-])NC(=O)c1ccc2c(c1)C(C)(C)C(=O)N2c1cccc(OC2CC2)c1. The maximum atomic E-state index is 13.4. The molecule has 1 aliphatic carbocycles. The van der Waals surface area contributed by atoms with Gasteiger partial charge in [0.15, 0.2) is 0 Å². The number of nitrogens with one attached hydrogen (secondary N) is 1. The summed E-state index contributed by atoms with van der Waals surface area (Å²) < 4.78 is 28.3. The van der Waals surface area contributed by atoms with Crippen molar-refractivity contribution in [3.63, 3.8) is 0 Å². The predicted molar refractivity (Wildman–Crippen MR) is 127 cm³/mol. The summed E-state index contributed by atoms with van der Waals surface area (Å²) in [5, 5.41) is 2.85. The van der Waals surface area contributed by atoms with Gasteiger partial charge in [-0.1, -0.05) is 24.1 Å².